The summed E-state index contributed by atoms with van der Waals surface area (Å²) in [5.41, 5.74) is -0.126. The second-order valence-corrected chi connectivity index (χ2v) is 9.41. The average Bonchev–Trinajstić information content (AvgIpc) is 2.92. The number of benzene rings is 3. The lowest BCUT2D eigenvalue weighted by Gasteiger charge is -2.31. The molecule has 9 heteroatoms. The van der Waals surface area contributed by atoms with Gasteiger partial charge in [-0.3, -0.25) is 9.36 Å². The van der Waals surface area contributed by atoms with Gasteiger partial charge >= 0.3 is 12.2 Å². The van der Waals surface area contributed by atoms with Crippen LogP contribution >= 0.6 is 0 Å². The number of rotatable bonds is 9. The number of anilines is 1. The lowest BCUT2D eigenvalue weighted by atomic mass is 10.1. The van der Waals surface area contributed by atoms with E-state index in [1.165, 1.54) is 23.1 Å². The van der Waals surface area contributed by atoms with Gasteiger partial charge in [-0.15, -0.1) is 0 Å². The van der Waals surface area contributed by atoms with E-state index in [-0.39, 0.29) is 24.3 Å². The molecular weight excluding hydrogens is 505 g/mol. The fourth-order valence-electron chi connectivity index (χ4n) is 4.59. The molecule has 6 nitrogen and oxygen atoms in total. The first kappa shape index (κ1) is 27.9. The van der Waals surface area contributed by atoms with E-state index in [9.17, 15) is 22.8 Å². The van der Waals surface area contributed by atoms with E-state index in [0.717, 1.165) is 24.5 Å². The van der Waals surface area contributed by atoms with Crippen molar-refractivity contribution >= 4 is 22.6 Å². The van der Waals surface area contributed by atoms with Gasteiger partial charge in [-0.05, 0) is 43.2 Å². The highest BCUT2D eigenvalue weighted by molar-refractivity contribution is 5.90. The van der Waals surface area contributed by atoms with Crippen LogP contribution in [0.25, 0.3) is 10.9 Å². The van der Waals surface area contributed by atoms with E-state index in [0.29, 0.717) is 23.1 Å². The standard InChI is InChI=1S/C30H31F3N4O2/c1-3-4-12-19-36(29(39)35-26-18-11-9-16-24(26)30(31,32)33)21(2)27-34-25-17-10-8-15-23(25)28(38)37(27)20-22-13-6-5-7-14-22/h5-11,13-18,21H,3-4,12,19-20H2,1-2H3,(H,35,39). The van der Waals surface area contributed by atoms with Gasteiger partial charge in [0.1, 0.15) is 5.82 Å². The molecule has 4 rings (SSSR count). The maximum absolute atomic E-state index is 13.6. The van der Waals surface area contributed by atoms with Gasteiger partial charge in [-0.1, -0.05) is 74.4 Å². The molecule has 4 aromatic rings. The molecule has 0 saturated heterocycles. The molecule has 204 valence electrons. The van der Waals surface area contributed by atoms with Crippen molar-refractivity contribution in [3.63, 3.8) is 0 Å². The van der Waals surface area contributed by atoms with Crippen molar-refractivity contribution in [2.24, 2.45) is 0 Å². The lowest BCUT2D eigenvalue weighted by molar-refractivity contribution is -0.136. The Morgan fingerprint density at radius 1 is 0.974 bits per heavy atom. The molecule has 0 saturated carbocycles. The number of urea groups is 1. The second-order valence-electron chi connectivity index (χ2n) is 9.41. The maximum atomic E-state index is 13.6. The van der Waals surface area contributed by atoms with E-state index in [2.05, 4.69) is 5.32 Å². The van der Waals surface area contributed by atoms with Crippen molar-refractivity contribution in [1.82, 2.24) is 14.5 Å². The van der Waals surface area contributed by atoms with Crippen molar-refractivity contribution in [2.45, 2.75) is 51.9 Å². The number of nitrogens with zero attached hydrogens (tertiary/aromatic N) is 3. The van der Waals surface area contributed by atoms with Crippen LogP contribution in [0.4, 0.5) is 23.7 Å². The average molecular weight is 537 g/mol. The van der Waals surface area contributed by atoms with Crippen LogP contribution in [0.2, 0.25) is 0 Å². The minimum Gasteiger partial charge on any atom is -0.315 e. The van der Waals surface area contributed by atoms with Crippen LogP contribution in [0.3, 0.4) is 0 Å². The highest BCUT2D eigenvalue weighted by Gasteiger charge is 2.34. The monoisotopic (exact) mass is 536 g/mol. The predicted octanol–water partition coefficient (Wildman–Crippen LogP) is 7.25. The Morgan fingerprint density at radius 3 is 2.36 bits per heavy atom. The van der Waals surface area contributed by atoms with Gasteiger partial charge < -0.3 is 10.2 Å². The fourth-order valence-corrected chi connectivity index (χ4v) is 4.59. The number of carbonyl (C=O) groups is 1. The van der Waals surface area contributed by atoms with E-state index in [1.807, 2.05) is 37.3 Å². The molecule has 2 amide bonds. The van der Waals surface area contributed by atoms with Gasteiger partial charge in [0.15, 0.2) is 0 Å². The summed E-state index contributed by atoms with van der Waals surface area (Å²) < 4.78 is 42.4. The third-order valence-corrected chi connectivity index (χ3v) is 6.65. The summed E-state index contributed by atoms with van der Waals surface area (Å²) in [4.78, 5) is 33.4. The van der Waals surface area contributed by atoms with E-state index >= 15 is 0 Å². The number of nitrogens with one attached hydrogen (secondary N) is 1. The quantitative estimate of drug-likeness (QED) is 0.229. The van der Waals surface area contributed by atoms with Crippen LogP contribution in [-0.2, 0) is 12.7 Å². The highest BCUT2D eigenvalue weighted by Crippen LogP contribution is 2.35. The Labute approximate surface area is 225 Å². The van der Waals surface area contributed by atoms with Crippen molar-refractivity contribution in [2.75, 3.05) is 11.9 Å². The largest absolute Gasteiger partial charge is 0.418 e. The number of halogens is 3. The molecule has 0 radical (unpaired) electrons. The van der Waals surface area contributed by atoms with Gasteiger partial charge in [0.2, 0.25) is 0 Å². The van der Waals surface area contributed by atoms with Crippen molar-refractivity contribution < 1.29 is 18.0 Å². The molecule has 1 aromatic heterocycles. The summed E-state index contributed by atoms with van der Waals surface area (Å²) in [5.74, 6) is 0.360. The number of para-hydroxylation sites is 2. The molecule has 39 heavy (non-hydrogen) atoms. The molecule has 0 aliphatic carbocycles. The van der Waals surface area contributed by atoms with E-state index < -0.39 is 23.8 Å². The van der Waals surface area contributed by atoms with E-state index in [4.69, 9.17) is 4.98 Å². The minimum atomic E-state index is -4.63. The Kier molecular flexibility index (Phi) is 8.69. The minimum absolute atomic E-state index is 0.235. The molecule has 1 heterocycles. The first-order chi connectivity index (χ1) is 18.7. The second kappa shape index (κ2) is 12.1. The van der Waals surface area contributed by atoms with Gasteiger partial charge in [0.25, 0.3) is 5.56 Å². The summed E-state index contributed by atoms with van der Waals surface area (Å²) >= 11 is 0. The van der Waals surface area contributed by atoms with Crippen LogP contribution in [0.15, 0.2) is 83.7 Å². The third kappa shape index (κ3) is 6.47. The molecule has 3 aromatic carbocycles. The molecule has 1 atom stereocenters. The van der Waals surface area contributed by atoms with Gasteiger partial charge in [-0.25, -0.2) is 9.78 Å². The zero-order chi connectivity index (χ0) is 28.0. The number of unbranched alkanes of at least 4 members (excludes halogenated alkanes) is 2. The van der Waals surface area contributed by atoms with E-state index in [1.54, 1.807) is 35.8 Å². The molecule has 0 spiro atoms. The molecule has 0 fully saturated rings. The van der Waals surface area contributed by atoms with Crippen LogP contribution in [0.1, 0.15) is 56.1 Å². The third-order valence-electron chi connectivity index (χ3n) is 6.65. The SMILES string of the molecule is CCCCCN(C(=O)Nc1ccccc1C(F)(F)F)C(C)c1nc2ccccc2c(=O)n1Cc1ccccc1. The molecular formula is C30H31F3N4O2. The number of fused-ring (bicyclic) bond motifs is 1. The predicted molar refractivity (Wildman–Crippen MR) is 147 cm³/mol. The number of amides is 2. The number of alkyl halides is 3. The Morgan fingerprint density at radius 2 is 1.64 bits per heavy atom. The summed E-state index contributed by atoms with van der Waals surface area (Å²) in [6.07, 6.45) is -2.25. The van der Waals surface area contributed by atoms with Crippen LogP contribution in [0.5, 0.6) is 0 Å². The van der Waals surface area contributed by atoms with Crippen molar-refractivity contribution in [1.29, 1.82) is 0 Å². The van der Waals surface area contributed by atoms with Crippen LogP contribution in [0, 0.1) is 0 Å². The zero-order valence-corrected chi connectivity index (χ0v) is 21.9. The lowest BCUT2D eigenvalue weighted by Crippen LogP contribution is -2.41. The molecule has 0 aliphatic heterocycles. The first-order valence-electron chi connectivity index (χ1n) is 13.0. The van der Waals surface area contributed by atoms with Gasteiger partial charge in [0.05, 0.1) is 34.7 Å². The summed E-state index contributed by atoms with van der Waals surface area (Å²) in [7, 11) is 0. The molecule has 0 bridgehead atoms. The topological polar surface area (TPSA) is 67.2 Å². The first-order valence-corrected chi connectivity index (χ1v) is 13.0. The normalized spacial score (nSPS) is 12.3. The molecule has 0 aliphatic rings. The smallest absolute Gasteiger partial charge is 0.315 e. The summed E-state index contributed by atoms with van der Waals surface area (Å²) in [6, 6.07) is 19.9. The fraction of sp³-hybridized carbons (Fsp3) is 0.300. The van der Waals surface area contributed by atoms with Crippen molar-refractivity contribution in [3.05, 3.63) is 106 Å². The van der Waals surface area contributed by atoms with Gasteiger partial charge in [0, 0.05) is 6.54 Å². The number of hydrogen-bond acceptors (Lipinski definition) is 3. The molecule has 1 N–H and O–H groups in total. The van der Waals surface area contributed by atoms with Gasteiger partial charge in [-0.2, -0.15) is 13.2 Å². The maximum Gasteiger partial charge on any atom is 0.418 e. The summed E-state index contributed by atoms with van der Waals surface area (Å²) in [5, 5.41) is 2.92. The van der Waals surface area contributed by atoms with Crippen molar-refractivity contribution in [3.8, 4) is 0 Å². The Bertz CT molecular complexity index is 1490. The Hall–Kier alpha value is -4.14. The number of aromatic nitrogens is 2. The Balaban J connectivity index is 1.77. The number of carbonyl (C=O) groups excluding carboxylic acids is 1. The zero-order valence-electron chi connectivity index (χ0n) is 21.9. The number of hydrogen-bond donors (Lipinski definition) is 1. The molecule has 1 unspecified atom stereocenters. The highest BCUT2D eigenvalue weighted by atomic mass is 19.4. The van der Waals surface area contributed by atoms with Crippen LogP contribution < -0.4 is 10.9 Å². The van der Waals surface area contributed by atoms with Crippen LogP contribution in [-0.4, -0.2) is 27.0 Å². The summed E-state index contributed by atoms with van der Waals surface area (Å²) in [6.45, 7) is 4.29.